The van der Waals surface area contributed by atoms with Gasteiger partial charge in [0.1, 0.15) is 12.9 Å². The first-order valence-electron chi connectivity index (χ1n) is 5.26. The van der Waals surface area contributed by atoms with E-state index in [0.717, 1.165) is 16.8 Å². The summed E-state index contributed by atoms with van der Waals surface area (Å²) in [5.74, 6) is -0.919. The minimum absolute atomic E-state index is 0.146. The lowest BCUT2D eigenvalue weighted by molar-refractivity contribution is -0.137. The maximum atomic E-state index is 10.6. The van der Waals surface area contributed by atoms with Crippen molar-refractivity contribution in [2.45, 2.75) is 6.54 Å². The van der Waals surface area contributed by atoms with Gasteiger partial charge >= 0.3 is 5.97 Å². The Bertz CT molecular complexity index is 715. The summed E-state index contributed by atoms with van der Waals surface area (Å²) in [6.45, 7) is -0.146. The van der Waals surface area contributed by atoms with Gasteiger partial charge in [-0.3, -0.25) is 9.48 Å². The van der Waals surface area contributed by atoms with E-state index >= 15 is 0 Å². The first kappa shape index (κ1) is 10.5. The van der Waals surface area contributed by atoms with E-state index in [-0.39, 0.29) is 6.54 Å². The van der Waals surface area contributed by atoms with E-state index in [2.05, 4.69) is 15.2 Å². The van der Waals surface area contributed by atoms with Crippen LogP contribution in [0.5, 0.6) is 0 Å². The summed E-state index contributed by atoms with van der Waals surface area (Å²) >= 11 is 0. The fraction of sp³-hybridized carbons (Fsp3) is 0.0909. The van der Waals surface area contributed by atoms with Crippen molar-refractivity contribution in [1.82, 2.24) is 24.4 Å². The summed E-state index contributed by atoms with van der Waals surface area (Å²) in [5, 5.41) is 16.7. The van der Waals surface area contributed by atoms with E-state index in [9.17, 15) is 4.79 Å². The number of aromatic nitrogens is 5. The predicted molar refractivity (Wildman–Crippen MR) is 61.8 cm³/mol. The lowest BCUT2D eigenvalue weighted by Gasteiger charge is -1.97. The van der Waals surface area contributed by atoms with Gasteiger partial charge in [0, 0.05) is 18.0 Å². The van der Waals surface area contributed by atoms with Crippen LogP contribution in [0.1, 0.15) is 0 Å². The summed E-state index contributed by atoms with van der Waals surface area (Å²) in [5.41, 5.74) is 2.51. The fourth-order valence-electron chi connectivity index (χ4n) is 1.73. The van der Waals surface area contributed by atoms with Gasteiger partial charge in [-0.15, -0.1) is 0 Å². The molecule has 3 rings (SSSR count). The van der Waals surface area contributed by atoms with Crippen LogP contribution < -0.4 is 0 Å². The maximum Gasteiger partial charge on any atom is 0.325 e. The highest BCUT2D eigenvalue weighted by Crippen LogP contribution is 2.19. The number of rotatable bonds is 3. The fourth-order valence-corrected chi connectivity index (χ4v) is 1.73. The van der Waals surface area contributed by atoms with Gasteiger partial charge in [-0.2, -0.15) is 10.2 Å². The zero-order chi connectivity index (χ0) is 12.5. The third-order valence-electron chi connectivity index (χ3n) is 2.54. The highest BCUT2D eigenvalue weighted by molar-refractivity contribution is 5.68. The number of fused-ring (bicyclic) bond motifs is 1. The lowest BCUT2D eigenvalue weighted by atomic mass is 10.1. The standard InChI is InChI=1S/C11H9N5O2/c17-11(18)6-15-5-9(4-13-15)8-1-2-16-10(3-8)12-7-14-16/h1-5,7H,6H2,(H,17,18). The second kappa shape index (κ2) is 3.95. The second-order valence-electron chi connectivity index (χ2n) is 3.80. The average Bonchev–Trinajstić information content (AvgIpc) is 2.95. The van der Waals surface area contributed by atoms with Crippen molar-refractivity contribution in [3.8, 4) is 11.1 Å². The van der Waals surface area contributed by atoms with Crippen LogP contribution in [-0.4, -0.2) is 35.5 Å². The van der Waals surface area contributed by atoms with Crippen molar-refractivity contribution in [3.05, 3.63) is 37.1 Å². The lowest BCUT2D eigenvalue weighted by Crippen LogP contribution is -2.08. The topological polar surface area (TPSA) is 85.3 Å². The molecule has 0 saturated carbocycles. The number of nitrogens with zero attached hydrogens (tertiary/aromatic N) is 5. The summed E-state index contributed by atoms with van der Waals surface area (Å²) in [6.07, 6.45) is 6.60. The molecule has 7 heteroatoms. The molecule has 0 aliphatic carbocycles. The first-order chi connectivity index (χ1) is 8.72. The largest absolute Gasteiger partial charge is 0.480 e. The molecule has 90 valence electrons. The van der Waals surface area contributed by atoms with E-state index in [0.29, 0.717) is 0 Å². The molecule has 0 bridgehead atoms. The Morgan fingerprint density at radius 1 is 1.33 bits per heavy atom. The Morgan fingerprint density at radius 3 is 3.06 bits per heavy atom. The molecular formula is C11H9N5O2. The summed E-state index contributed by atoms with van der Waals surface area (Å²) < 4.78 is 3.04. The number of carbonyl (C=O) groups is 1. The van der Waals surface area contributed by atoms with E-state index in [4.69, 9.17) is 5.11 Å². The molecule has 3 aromatic heterocycles. The van der Waals surface area contributed by atoms with Crippen molar-refractivity contribution in [2.75, 3.05) is 0 Å². The van der Waals surface area contributed by atoms with Gasteiger partial charge in [-0.05, 0) is 17.7 Å². The summed E-state index contributed by atoms with van der Waals surface area (Å²) in [7, 11) is 0. The number of aliphatic carboxylic acids is 1. The van der Waals surface area contributed by atoms with Gasteiger partial charge in [0.2, 0.25) is 0 Å². The van der Waals surface area contributed by atoms with Gasteiger partial charge < -0.3 is 5.11 Å². The van der Waals surface area contributed by atoms with Crippen LogP contribution in [0.15, 0.2) is 37.1 Å². The van der Waals surface area contributed by atoms with E-state index in [1.165, 1.54) is 11.0 Å². The van der Waals surface area contributed by atoms with Crippen molar-refractivity contribution < 1.29 is 9.90 Å². The van der Waals surface area contributed by atoms with E-state index in [1.807, 2.05) is 12.1 Å². The normalized spacial score (nSPS) is 10.9. The monoisotopic (exact) mass is 243 g/mol. The predicted octanol–water partition coefficient (Wildman–Crippen LogP) is 0.677. The molecule has 18 heavy (non-hydrogen) atoms. The van der Waals surface area contributed by atoms with Gasteiger partial charge in [0.15, 0.2) is 5.65 Å². The third-order valence-corrected chi connectivity index (χ3v) is 2.54. The first-order valence-corrected chi connectivity index (χ1v) is 5.26. The molecule has 0 spiro atoms. The summed E-state index contributed by atoms with van der Waals surface area (Å²) in [6, 6.07) is 3.75. The zero-order valence-corrected chi connectivity index (χ0v) is 9.26. The Balaban J connectivity index is 1.97. The van der Waals surface area contributed by atoms with Crippen LogP contribution in [0.2, 0.25) is 0 Å². The number of carboxylic acids is 1. The molecule has 0 amide bonds. The number of hydrogen-bond donors (Lipinski definition) is 1. The summed E-state index contributed by atoms with van der Waals surface area (Å²) in [4.78, 5) is 14.7. The molecule has 3 heterocycles. The molecule has 7 nitrogen and oxygen atoms in total. The molecular weight excluding hydrogens is 234 g/mol. The van der Waals surface area contributed by atoms with Crippen molar-refractivity contribution >= 4 is 11.6 Å². The smallest absolute Gasteiger partial charge is 0.325 e. The minimum Gasteiger partial charge on any atom is -0.480 e. The number of pyridine rings is 1. The Morgan fingerprint density at radius 2 is 2.22 bits per heavy atom. The zero-order valence-electron chi connectivity index (χ0n) is 9.26. The van der Waals surface area contributed by atoms with Gasteiger partial charge in [0.25, 0.3) is 0 Å². The molecule has 0 saturated heterocycles. The molecule has 0 atom stereocenters. The molecule has 0 radical (unpaired) electrons. The maximum absolute atomic E-state index is 10.6. The Labute approximate surface area is 101 Å². The molecule has 1 N–H and O–H groups in total. The Kier molecular flexibility index (Phi) is 2.30. The SMILES string of the molecule is O=C(O)Cn1cc(-c2ccn3ncnc3c2)cn1. The molecule has 0 aliphatic heterocycles. The van der Waals surface area contributed by atoms with Crippen molar-refractivity contribution in [2.24, 2.45) is 0 Å². The van der Waals surface area contributed by atoms with Crippen LogP contribution in [-0.2, 0) is 11.3 Å². The van der Waals surface area contributed by atoms with Crippen molar-refractivity contribution in [1.29, 1.82) is 0 Å². The van der Waals surface area contributed by atoms with Crippen molar-refractivity contribution in [3.63, 3.8) is 0 Å². The highest BCUT2D eigenvalue weighted by Gasteiger charge is 2.06. The molecule has 0 fully saturated rings. The molecule has 0 aromatic carbocycles. The van der Waals surface area contributed by atoms with Crippen LogP contribution in [0, 0.1) is 0 Å². The van der Waals surface area contributed by atoms with E-state index < -0.39 is 5.97 Å². The average molecular weight is 243 g/mol. The molecule has 3 aromatic rings. The highest BCUT2D eigenvalue weighted by atomic mass is 16.4. The minimum atomic E-state index is -0.919. The number of carboxylic acid groups (broad SMARTS) is 1. The third kappa shape index (κ3) is 1.81. The number of hydrogen-bond acceptors (Lipinski definition) is 4. The molecule has 0 unspecified atom stereocenters. The molecule has 0 aliphatic rings. The van der Waals surface area contributed by atoms with Gasteiger partial charge in [0.05, 0.1) is 6.20 Å². The van der Waals surface area contributed by atoms with Crippen LogP contribution >= 0.6 is 0 Å². The van der Waals surface area contributed by atoms with Crippen LogP contribution in [0.4, 0.5) is 0 Å². The van der Waals surface area contributed by atoms with Gasteiger partial charge in [-0.1, -0.05) is 0 Å². The Hall–Kier alpha value is -2.70. The van der Waals surface area contributed by atoms with Gasteiger partial charge in [-0.25, -0.2) is 9.50 Å². The van der Waals surface area contributed by atoms with Crippen LogP contribution in [0.25, 0.3) is 16.8 Å². The van der Waals surface area contributed by atoms with Crippen LogP contribution in [0.3, 0.4) is 0 Å². The quantitative estimate of drug-likeness (QED) is 0.731. The second-order valence-corrected chi connectivity index (χ2v) is 3.80. The van der Waals surface area contributed by atoms with E-state index in [1.54, 1.807) is 23.1 Å².